The Kier molecular flexibility index (Phi) is 4.97. The molecule has 1 N–H and O–H groups in total. The lowest BCUT2D eigenvalue weighted by Crippen LogP contribution is -2.16. The highest BCUT2D eigenvalue weighted by Gasteiger charge is 2.17. The van der Waals surface area contributed by atoms with E-state index in [1.54, 1.807) is 31.2 Å². The molecule has 2 aromatic heterocycles. The van der Waals surface area contributed by atoms with E-state index in [1.807, 2.05) is 6.92 Å². The summed E-state index contributed by atoms with van der Waals surface area (Å²) in [5.41, 5.74) is 2.15. The van der Waals surface area contributed by atoms with Crippen molar-refractivity contribution < 1.29 is 18.7 Å². The van der Waals surface area contributed by atoms with Crippen LogP contribution in [0.4, 0.5) is 10.1 Å². The molecule has 1 amide bonds. The number of carbonyl (C=O) groups excluding carboxylic acids is 2. The molecule has 7 heteroatoms. The van der Waals surface area contributed by atoms with Crippen LogP contribution in [-0.2, 0) is 4.74 Å². The van der Waals surface area contributed by atoms with E-state index in [0.717, 1.165) is 6.42 Å². The van der Waals surface area contributed by atoms with Gasteiger partial charge in [0.1, 0.15) is 17.2 Å². The third kappa shape index (κ3) is 3.56. The standard InChI is InChI=1S/C19H18FN3O3/c1-3-10-26-19(25)13-4-7-15(8-5-13)22-18(24)17-12(2)21-16-9-6-14(20)11-23(16)17/h4-9,11H,3,10H2,1-2H3,(H,22,24). The number of imidazole rings is 1. The zero-order chi connectivity index (χ0) is 18.7. The average molecular weight is 355 g/mol. The van der Waals surface area contributed by atoms with E-state index >= 15 is 0 Å². The minimum atomic E-state index is -0.459. The van der Waals surface area contributed by atoms with Crippen molar-refractivity contribution in [3.8, 4) is 0 Å². The number of rotatable bonds is 5. The Morgan fingerprint density at radius 3 is 2.62 bits per heavy atom. The third-order valence-electron chi connectivity index (χ3n) is 3.79. The summed E-state index contributed by atoms with van der Waals surface area (Å²) in [5, 5.41) is 2.73. The number of aryl methyl sites for hydroxylation is 1. The van der Waals surface area contributed by atoms with Crippen LogP contribution in [0.25, 0.3) is 5.65 Å². The first-order valence-electron chi connectivity index (χ1n) is 8.22. The van der Waals surface area contributed by atoms with Crippen LogP contribution in [0.15, 0.2) is 42.6 Å². The number of nitrogens with one attached hydrogen (secondary N) is 1. The lowest BCUT2D eigenvalue weighted by molar-refractivity contribution is 0.0505. The molecule has 0 atom stereocenters. The number of fused-ring (bicyclic) bond motifs is 1. The van der Waals surface area contributed by atoms with Crippen molar-refractivity contribution >= 4 is 23.2 Å². The van der Waals surface area contributed by atoms with Crippen molar-refractivity contribution in [1.29, 1.82) is 0 Å². The first-order valence-corrected chi connectivity index (χ1v) is 8.22. The van der Waals surface area contributed by atoms with Gasteiger partial charge in [0.05, 0.1) is 17.9 Å². The van der Waals surface area contributed by atoms with Gasteiger partial charge >= 0.3 is 5.97 Å². The van der Waals surface area contributed by atoms with Crippen LogP contribution in [0.3, 0.4) is 0 Å². The summed E-state index contributed by atoms with van der Waals surface area (Å²) in [7, 11) is 0. The molecule has 0 spiro atoms. The average Bonchev–Trinajstić information content (AvgIpc) is 2.95. The largest absolute Gasteiger partial charge is 0.462 e. The third-order valence-corrected chi connectivity index (χ3v) is 3.79. The monoisotopic (exact) mass is 355 g/mol. The highest BCUT2D eigenvalue weighted by atomic mass is 19.1. The van der Waals surface area contributed by atoms with E-state index in [4.69, 9.17) is 4.74 Å². The van der Waals surface area contributed by atoms with Crippen LogP contribution in [0, 0.1) is 12.7 Å². The maximum atomic E-state index is 13.5. The number of benzene rings is 1. The molecule has 0 radical (unpaired) electrons. The highest BCUT2D eigenvalue weighted by molar-refractivity contribution is 6.04. The quantitative estimate of drug-likeness (QED) is 0.710. The fourth-order valence-corrected chi connectivity index (χ4v) is 2.57. The van der Waals surface area contributed by atoms with Gasteiger partial charge in [0.15, 0.2) is 0 Å². The van der Waals surface area contributed by atoms with Crippen molar-refractivity contribution in [2.24, 2.45) is 0 Å². The van der Waals surface area contributed by atoms with Gasteiger partial charge in [0.25, 0.3) is 5.91 Å². The summed E-state index contributed by atoms with van der Waals surface area (Å²) in [5.74, 6) is -1.28. The number of amides is 1. The molecule has 3 aromatic rings. The number of nitrogens with zero attached hydrogens (tertiary/aromatic N) is 2. The van der Waals surface area contributed by atoms with Crippen LogP contribution in [0.1, 0.15) is 39.9 Å². The van der Waals surface area contributed by atoms with Crippen molar-refractivity contribution in [3.63, 3.8) is 0 Å². The number of hydrogen-bond donors (Lipinski definition) is 1. The number of halogens is 1. The lowest BCUT2D eigenvalue weighted by Gasteiger charge is -2.07. The van der Waals surface area contributed by atoms with Gasteiger partial charge in [0, 0.05) is 11.9 Å². The molecule has 0 unspecified atom stereocenters. The topological polar surface area (TPSA) is 72.7 Å². The molecule has 134 valence electrons. The van der Waals surface area contributed by atoms with Crippen molar-refractivity contribution in [3.05, 3.63) is 65.4 Å². The summed E-state index contributed by atoms with van der Waals surface area (Å²) in [6, 6.07) is 9.18. The van der Waals surface area contributed by atoms with Gasteiger partial charge in [-0.05, 0) is 49.7 Å². The first-order chi connectivity index (χ1) is 12.5. The molecule has 2 heterocycles. The van der Waals surface area contributed by atoms with Gasteiger partial charge in [-0.15, -0.1) is 0 Å². The summed E-state index contributed by atoms with van der Waals surface area (Å²) in [6.07, 6.45) is 1.97. The minimum absolute atomic E-state index is 0.255. The van der Waals surface area contributed by atoms with Gasteiger partial charge in [0.2, 0.25) is 0 Å². The number of hydrogen-bond acceptors (Lipinski definition) is 4. The van der Waals surface area contributed by atoms with Gasteiger partial charge in [-0.1, -0.05) is 6.92 Å². The first kappa shape index (κ1) is 17.6. The van der Waals surface area contributed by atoms with Crippen LogP contribution >= 0.6 is 0 Å². The second kappa shape index (κ2) is 7.35. The molecule has 0 fully saturated rings. The Bertz CT molecular complexity index is 964. The fourth-order valence-electron chi connectivity index (χ4n) is 2.57. The zero-order valence-corrected chi connectivity index (χ0v) is 14.5. The number of ether oxygens (including phenoxy) is 1. The molecule has 6 nitrogen and oxygen atoms in total. The van der Waals surface area contributed by atoms with Crippen LogP contribution < -0.4 is 5.32 Å². The minimum Gasteiger partial charge on any atom is -0.462 e. The predicted octanol–water partition coefficient (Wildman–Crippen LogP) is 3.60. The normalized spacial score (nSPS) is 10.7. The Hall–Kier alpha value is -3.22. The smallest absolute Gasteiger partial charge is 0.338 e. The van der Waals surface area contributed by atoms with Gasteiger partial charge in [-0.3, -0.25) is 9.20 Å². The number of pyridine rings is 1. The molecule has 26 heavy (non-hydrogen) atoms. The summed E-state index contributed by atoms with van der Waals surface area (Å²) < 4.78 is 20.0. The zero-order valence-electron chi connectivity index (χ0n) is 14.5. The van der Waals surface area contributed by atoms with E-state index in [-0.39, 0.29) is 5.69 Å². The molecule has 0 bridgehead atoms. The molecular formula is C19H18FN3O3. The Morgan fingerprint density at radius 1 is 1.19 bits per heavy atom. The van der Waals surface area contributed by atoms with E-state index in [9.17, 15) is 14.0 Å². The van der Waals surface area contributed by atoms with Gasteiger partial charge in [-0.25, -0.2) is 14.2 Å². The maximum absolute atomic E-state index is 13.5. The molecule has 0 aliphatic rings. The Balaban J connectivity index is 1.79. The van der Waals surface area contributed by atoms with E-state index in [1.165, 1.54) is 22.7 Å². The fraction of sp³-hybridized carbons (Fsp3) is 0.211. The number of esters is 1. The predicted molar refractivity (Wildman–Crippen MR) is 94.9 cm³/mol. The van der Waals surface area contributed by atoms with Crippen molar-refractivity contribution in [2.45, 2.75) is 20.3 Å². The SMILES string of the molecule is CCCOC(=O)c1ccc(NC(=O)c2c(C)nc3ccc(F)cn23)cc1. The van der Waals surface area contributed by atoms with Gasteiger partial charge in [-0.2, -0.15) is 0 Å². The molecule has 0 saturated carbocycles. The molecule has 0 saturated heterocycles. The maximum Gasteiger partial charge on any atom is 0.338 e. The number of aromatic nitrogens is 2. The number of carbonyl (C=O) groups is 2. The van der Waals surface area contributed by atoms with Crippen LogP contribution in [0.5, 0.6) is 0 Å². The van der Waals surface area contributed by atoms with Gasteiger partial charge < -0.3 is 10.1 Å². The Morgan fingerprint density at radius 2 is 1.92 bits per heavy atom. The second-order valence-corrected chi connectivity index (χ2v) is 5.79. The molecule has 3 rings (SSSR count). The summed E-state index contributed by atoms with van der Waals surface area (Å²) >= 11 is 0. The molecular weight excluding hydrogens is 337 g/mol. The Labute approximate surface area is 149 Å². The second-order valence-electron chi connectivity index (χ2n) is 5.79. The summed E-state index contributed by atoms with van der Waals surface area (Å²) in [6.45, 7) is 3.97. The lowest BCUT2D eigenvalue weighted by atomic mass is 10.2. The number of anilines is 1. The van der Waals surface area contributed by atoms with E-state index < -0.39 is 17.7 Å². The van der Waals surface area contributed by atoms with E-state index in [2.05, 4.69) is 10.3 Å². The molecule has 1 aromatic carbocycles. The highest BCUT2D eigenvalue weighted by Crippen LogP contribution is 2.16. The molecule has 0 aliphatic carbocycles. The van der Waals surface area contributed by atoms with Crippen molar-refractivity contribution in [2.75, 3.05) is 11.9 Å². The van der Waals surface area contributed by atoms with Crippen LogP contribution in [0.2, 0.25) is 0 Å². The molecule has 0 aliphatic heterocycles. The van der Waals surface area contributed by atoms with E-state index in [0.29, 0.717) is 29.2 Å². The van der Waals surface area contributed by atoms with Crippen molar-refractivity contribution in [1.82, 2.24) is 9.38 Å². The summed E-state index contributed by atoms with van der Waals surface area (Å²) in [4.78, 5) is 28.6. The van der Waals surface area contributed by atoms with Crippen LogP contribution in [-0.4, -0.2) is 27.9 Å².